The molecule has 1 nitrogen and oxygen atoms in total. The molecule has 1 rings (SSSR count). The standard InChI is InChI=1S/C5H7F4N/c6-4(7)5(8,9)3-1-2-10-3/h3-4,10H,1-2H2. The summed E-state index contributed by atoms with van der Waals surface area (Å²) in [6, 6.07) is -1.31. The van der Waals surface area contributed by atoms with E-state index in [-0.39, 0.29) is 6.42 Å². The molecule has 1 aliphatic rings. The molecule has 1 heterocycles. The molecule has 0 aromatic rings. The van der Waals surface area contributed by atoms with E-state index in [1.807, 2.05) is 0 Å². The highest BCUT2D eigenvalue weighted by Gasteiger charge is 2.50. The summed E-state index contributed by atoms with van der Waals surface area (Å²) in [5, 5.41) is 2.24. The Kier molecular flexibility index (Phi) is 1.85. The van der Waals surface area contributed by atoms with E-state index in [1.165, 1.54) is 0 Å². The van der Waals surface area contributed by atoms with Crippen LogP contribution in [0.1, 0.15) is 6.42 Å². The molecule has 0 aliphatic carbocycles. The minimum absolute atomic E-state index is 0.136. The Morgan fingerprint density at radius 3 is 2.00 bits per heavy atom. The fraction of sp³-hybridized carbons (Fsp3) is 1.00. The average molecular weight is 157 g/mol. The Morgan fingerprint density at radius 2 is 1.90 bits per heavy atom. The van der Waals surface area contributed by atoms with Gasteiger partial charge in [0, 0.05) is 0 Å². The van der Waals surface area contributed by atoms with Crippen LogP contribution in [0.3, 0.4) is 0 Å². The molecule has 1 aliphatic heterocycles. The molecule has 1 fully saturated rings. The lowest BCUT2D eigenvalue weighted by atomic mass is 10.0. The highest BCUT2D eigenvalue weighted by Crippen LogP contribution is 2.31. The number of hydrogen-bond acceptors (Lipinski definition) is 1. The number of rotatable bonds is 2. The Hall–Kier alpha value is -0.320. The monoisotopic (exact) mass is 157 g/mol. The second kappa shape index (κ2) is 2.38. The van der Waals surface area contributed by atoms with Crippen LogP contribution in [-0.2, 0) is 0 Å². The number of hydrogen-bond donors (Lipinski definition) is 1. The lowest BCUT2D eigenvalue weighted by molar-refractivity contribution is -0.161. The summed E-state index contributed by atoms with van der Waals surface area (Å²) in [6.07, 6.45) is -3.41. The van der Waals surface area contributed by atoms with Gasteiger partial charge in [-0.3, -0.25) is 0 Å². The molecule has 10 heavy (non-hydrogen) atoms. The summed E-state index contributed by atoms with van der Waals surface area (Å²) >= 11 is 0. The predicted octanol–water partition coefficient (Wildman–Crippen LogP) is 1.25. The van der Waals surface area contributed by atoms with Gasteiger partial charge in [-0.15, -0.1) is 0 Å². The van der Waals surface area contributed by atoms with Crippen molar-refractivity contribution in [2.45, 2.75) is 24.8 Å². The zero-order valence-electron chi connectivity index (χ0n) is 5.08. The van der Waals surface area contributed by atoms with Gasteiger partial charge in [0.1, 0.15) is 0 Å². The first-order valence-corrected chi connectivity index (χ1v) is 2.94. The van der Waals surface area contributed by atoms with E-state index < -0.39 is 18.4 Å². The molecule has 1 atom stereocenters. The lowest BCUT2D eigenvalue weighted by Gasteiger charge is -2.33. The van der Waals surface area contributed by atoms with Gasteiger partial charge in [0.25, 0.3) is 0 Å². The smallest absolute Gasteiger partial charge is 0.308 e. The summed E-state index contributed by atoms with van der Waals surface area (Å²) in [4.78, 5) is 0. The zero-order valence-corrected chi connectivity index (χ0v) is 5.08. The SMILES string of the molecule is FC(F)C(F)(F)C1CCN1. The van der Waals surface area contributed by atoms with Crippen molar-refractivity contribution in [3.8, 4) is 0 Å². The minimum Gasteiger partial charge on any atom is -0.308 e. The van der Waals surface area contributed by atoms with Gasteiger partial charge in [-0.25, -0.2) is 8.78 Å². The van der Waals surface area contributed by atoms with Gasteiger partial charge in [-0.2, -0.15) is 8.78 Å². The first-order valence-electron chi connectivity index (χ1n) is 2.94. The van der Waals surface area contributed by atoms with Crippen LogP contribution in [0.5, 0.6) is 0 Å². The summed E-state index contributed by atoms with van der Waals surface area (Å²) in [7, 11) is 0. The van der Waals surface area contributed by atoms with Crippen molar-refractivity contribution in [1.82, 2.24) is 5.32 Å². The third kappa shape index (κ3) is 1.10. The molecule has 5 heteroatoms. The quantitative estimate of drug-likeness (QED) is 0.595. The Balaban J connectivity index is 2.48. The van der Waals surface area contributed by atoms with Crippen molar-refractivity contribution in [2.24, 2.45) is 0 Å². The number of alkyl halides is 4. The van der Waals surface area contributed by atoms with Crippen LogP contribution < -0.4 is 5.32 Å². The topological polar surface area (TPSA) is 12.0 Å². The van der Waals surface area contributed by atoms with Crippen molar-refractivity contribution < 1.29 is 17.6 Å². The molecule has 60 valence electrons. The molecule has 1 saturated heterocycles. The van der Waals surface area contributed by atoms with Crippen LogP contribution in [0.15, 0.2) is 0 Å². The lowest BCUT2D eigenvalue weighted by Crippen LogP contribution is -2.57. The van der Waals surface area contributed by atoms with E-state index in [1.54, 1.807) is 0 Å². The van der Waals surface area contributed by atoms with Crippen LogP contribution in [0.2, 0.25) is 0 Å². The molecule has 1 N–H and O–H groups in total. The highest BCUT2D eigenvalue weighted by molar-refractivity contribution is 4.91. The maximum atomic E-state index is 12.2. The molecular formula is C5H7F4N. The molecule has 0 radical (unpaired) electrons. The van der Waals surface area contributed by atoms with Gasteiger partial charge in [-0.1, -0.05) is 0 Å². The number of nitrogens with one attached hydrogen (secondary N) is 1. The van der Waals surface area contributed by atoms with Crippen LogP contribution in [0, 0.1) is 0 Å². The molecule has 0 spiro atoms. The van der Waals surface area contributed by atoms with Crippen LogP contribution in [0.4, 0.5) is 17.6 Å². The first-order chi connectivity index (χ1) is 4.55. The maximum Gasteiger partial charge on any atom is 0.322 e. The van der Waals surface area contributed by atoms with E-state index in [0.29, 0.717) is 6.54 Å². The van der Waals surface area contributed by atoms with E-state index in [4.69, 9.17) is 0 Å². The molecule has 0 aromatic heterocycles. The van der Waals surface area contributed by atoms with E-state index in [9.17, 15) is 17.6 Å². The van der Waals surface area contributed by atoms with Gasteiger partial charge in [0.2, 0.25) is 0 Å². The fourth-order valence-corrected chi connectivity index (χ4v) is 0.769. The Morgan fingerprint density at radius 1 is 1.40 bits per heavy atom. The second-order valence-electron chi connectivity index (χ2n) is 2.27. The zero-order chi connectivity index (χ0) is 7.78. The summed E-state index contributed by atoms with van der Waals surface area (Å²) in [5.74, 6) is -3.85. The van der Waals surface area contributed by atoms with Crippen molar-refractivity contribution in [1.29, 1.82) is 0 Å². The minimum atomic E-state index is -3.85. The van der Waals surface area contributed by atoms with Gasteiger partial charge in [-0.05, 0) is 13.0 Å². The molecule has 0 amide bonds. The maximum absolute atomic E-state index is 12.2. The largest absolute Gasteiger partial charge is 0.322 e. The van der Waals surface area contributed by atoms with Gasteiger partial charge >= 0.3 is 12.3 Å². The molecular weight excluding hydrogens is 150 g/mol. The van der Waals surface area contributed by atoms with Crippen LogP contribution in [0.25, 0.3) is 0 Å². The van der Waals surface area contributed by atoms with Crippen molar-refractivity contribution in [3.63, 3.8) is 0 Å². The fourth-order valence-electron chi connectivity index (χ4n) is 0.769. The Bertz CT molecular complexity index is 121. The summed E-state index contributed by atoms with van der Waals surface area (Å²) in [6.45, 7) is 0.410. The predicted molar refractivity (Wildman–Crippen MR) is 27.4 cm³/mol. The van der Waals surface area contributed by atoms with E-state index in [2.05, 4.69) is 5.32 Å². The van der Waals surface area contributed by atoms with Crippen LogP contribution in [-0.4, -0.2) is 24.9 Å². The number of halogens is 4. The first kappa shape index (κ1) is 7.78. The van der Waals surface area contributed by atoms with Gasteiger partial charge < -0.3 is 5.32 Å². The van der Waals surface area contributed by atoms with Crippen molar-refractivity contribution in [2.75, 3.05) is 6.54 Å². The van der Waals surface area contributed by atoms with Crippen LogP contribution >= 0.6 is 0 Å². The molecule has 1 unspecified atom stereocenters. The highest BCUT2D eigenvalue weighted by atomic mass is 19.3. The molecule has 0 aromatic carbocycles. The third-order valence-corrected chi connectivity index (χ3v) is 1.58. The molecule has 0 saturated carbocycles. The second-order valence-corrected chi connectivity index (χ2v) is 2.27. The van der Waals surface area contributed by atoms with Crippen molar-refractivity contribution >= 4 is 0 Å². The van der Waals surface area contributed by atoms with E-state index in [0.717, 1.165) is 0 Å². The van der Waals surface area contributed by atoms with Crippen molar-refractivity contribution in [3.05, 3.63) is 0 Å². The van der Waals surface area contributed by atoms with Gasteiger partial charge in [0.05, 0.1) is 6.04 Å². The average Bonchev–Trinajstić information content (AvgIpc) is 1.57. The summed E-state index contributed by atoms with van der Waals surface area (Å²) < 4.78 is 47.3. The Labute approximate surface area is 55.4 Å². The normalized spacial score (nSPS) is 26.7. The van der Waals surface area contributed by atoms with E-state index >= 15 is 0 Å². The third-order valence-electron chi connectivity index (χ3n) is 1.58. The molecule has 0 bridgehead atoms. The summed E-state index contributed by atoms with van der Waals surface area (Å²) in [5.41, 5.74) is 0. The van der Waals surface area contributed by atoms with Gasteiger partial charge in [0.15, 0.2) is 0 Å².